The topological polar surface area (TPSA) is 34.0 Å². The highest BCUT2D eigenvalue weighted by molar-refractivity contribution is 6.09. The van der Waals surface area contributed by atoms with E-state index in [4.69, 9.17) is 0 Å². The van der Waals surface area contributed by atoms with Crippen molar-refractivity contribution in [3.63, 3.8) is 0 Å². The number of hydrogen-bond donors (Lipinski definition) is 1. The molecule has 4 rings (SSSR count). The SMILES string of the molecule is O=C1Nc2ccccc2C12C=Cc1cccn12. The molecule has 0 saturated carbocycles. The summed E-state index contributed by atoms with van der Waals surface area (Å²) in [6.07, 6.45) is 5.93. The van der Waals surface area contributed by atoms with Crippen molar-refractivity contribution in [2.24, 2.45) is 0 Å². The standard InChI is InChI=1S/C14H10N2O/c17-13-14(8-7-10-4-3-9-16(10)14)11-5-1-2-6-12(11)15-13/h1-9H,(H,15,17). The third-order valence-electron chi connectivity index (χ3n) is 3.59. The molecule has 2 aliphatic heterocycles. The highest BCUT2D eigenvalue weighted by Crippen LogP contribution is 2.44. The van der Waals surface area contributed by atoms with Crippen LogP contribution < -0.4 is 5.32 Å². The van der Waals surface area contributed by atoms with Crippen LogP contribution in [0.25, 0.3) is 6.08 Å². The Kier molecular flexibility index (Phi) is 1.39. The van der Waals surface area contributed by atoms with E-state index in [0.717, 1.165) is 16.9 Å². The monoisotopic (exact) mass is 222 g/mol. The van der Waals surface area contributed by atoms with Crippen LogP contribution in [0.15, 0.2) is 48.7 Å². The van der Waals surface area contributed by atoms with Gasteiger partial charge in [-0.2, -0.15) is 0 Å². The third-order valence-corrected chi connectivity index (χ3v) is 3.59. The molecule has 2 aliphatic rings. The zero-order valence-electron chi connectivity index (χ0n) is 9.05. The number of aromatic nitrogens is 1. The molecule has 0 fully saturated rings. The van der Waals surface area contributed by atoms with Gasteiger partial charge in [-0.05, 0) is 30.4 Å². The van der Waals surface area contributed by atoms with Crippen molar-refractivity contribution >= 4 is 17.7 Å². The molecule has 1 aromatic heterocycles. The fourth-order valence-corrected chi connectivity index (χ4v) is 2.81. The molecule has 0 radical (unpaired) electrons. The van der Waals surface area contributed by atoms with Gasteiger partial charge in [0.05, 0.1) is 0 Å². The number of anilines is 1. The van der Waals surface area contributed by atoms with Gasteiger partial charge in [-0.15, -0.1) is 0 Å². The van der Waals surface area contributed by atoms with Crippen molar-refractivity contribution in [1.29, 1.82) is 0 Å². The minimum atomic E-state index is -0.671. The lowest BCUT2D eigenvalue weighted by Gasteiger charge is -2.23. The Morgan fingerprint density at radius 3 is 2.94 bits per heavy atom. The molecule has 1 aromatic carbocycles. The number of amides is 1. The Labute approximate surface area is 98.4 Å². The van der Waals surface area contributed by atoms with E-state index in [-0.39, 0.29) is 5.91 Å². The molecular weight excluding hydrogens is 212 g/mol. The Bertz CT molecular complexity index is 668. The first-order valence-electron chi connectivity index (χ1n) is 5.60. The molecule has 0 aliphatic carbocycles. The summed E-state index contributed by atoms with van der Waals surface area (Å²) in [7, 11) is 0. The predicted molar refractivity (Wildman–Crippen MR) is 65.6 cm³/mol. The number of fused-ring (bicyclic) bond motifs is 4. The highest BCUT2D eigenvalue weighted by atomic mass is 16.2. The van der Waals surface area contributed by atoms with Gasteiger partial charge in [0.15, 0.2) is 5.54 Å². The summed E-state index contributed by atoms with van der Waals surface area (Å²) in [5.74, 6) is 0.0184. The number of para-hydroxylation sites is 1. The van der Waals surface area contributed by atoms with Gasteiger partial charge < -0.3 is 9.88 Å². The molecule has 1 atom stereocenters. The maximum Gasteiger partial charge on any atom is 0.259 e. The summed E-state index contributed by atoms with van der Waals surface area (Å²) in [6.45, 7) is 0. The van der Waals surface area contributed by atoms with Crippen LogP contribution in [0.1, 0.15) is 11.3 Å². The van der Waals surface area contributed by atoms with Crippen molar-refractivity contribution in [2.45, 2.75) is 5.54 Å². The summed E-state index contributed by atoms with van der Waals surface area (Å²) >= 11 is 0. The third kappa shape index (κ3) is 0.862. The van der Waals surface area contributed by atoms with Crippen LogP contribution in [0, 0.1) is 0 Å². The van der Waals surface area contributed by atoms with E-state index in [1.807, 2.05) is 59.3 Å². The van der Waals surface area contributed by atoms with Gasteiger partial charge in [-0.25, -0.2) is 0 Å². The molecule has 1 amide bonds. The fourth-order valence-electron chi connectivity index (χ4n) is 2.81. The molecule has 17 heavy (non-hydrogen) atoms. The van der Waals surface area contributed by atoms with Gasteiger partial charge in [-0.1, -0.05) is 18.2 Å². The van der Waals surface area contributed by atoms with Gasteiger partial charge in [-0.3, -0.25) is 4.79 Å². The van der Waals surface area contributed by atoms with E-state index in [9.17, 15) is 4.79 Å². The average Bonchev–Trinajstić information content (AvgIpc) is 2.97. The van der Waals surface area contributed by atoms with E-state index < -0.39 is 5.54 Å². The number of carbonyl (C=O) groups excluding carboxylic acids is 1. The second-order valence-corrected chi connectivity index (χ2v) is 4.40. The van der Waals surface area contributed by atoms with Crippen molar-refractivity contribution < 1.29 is 4.79 Å². The van der Waals surface area contributed by atoms with Crippen molar-refractivity contribution in [3.05, 3.63) is 59.9 Å². The van der Waals surface area contributed by atoms with Crippen LogP contribution in [0.5, 0.6) is 0 Å². The van der Waals surface area contributed by atoms with Crippen LogP contribution in [0.4, 0.5) is 5.69 Å². The molecule has 0 saturated heterocycles. The Morgan fingerprint density at radius 2 is 2.00 bits per heavy atom. The van der Waals surface area contributed by atoms with Crippen molar-refractivity contribution in [3.8, 4) is 0 Å². The maximum atomic E-state index is 12.3. The lowest BCUT2D eigenvalue weighted by atomic mass is 9.92. The molecule has 3 heteroatoms. The number of carbonyl (C=O) groups is 1. The number of benzene rings is 1. The summed E-state index contributed by atoms with van der Waals surface area (Å²) in [6, 6.07) is 11.8. The van der Waals surface area contributed by atoms with E-state index in [1.54, 1.807) is 0 Å². The van der Waals surface area contributed by atoms with Crippen LogP contribution in [-0.4, -0.2) is 10.5 Å². The van der Waals surface area contributed by atoms with Gasteiger partial charge in [0, 0.05) is 23.1 Å². The quantitative estimate of drug-likeness (QED) is 0.728. The smallest absolute Gasteiger partial charge is 0.259 e. The number of nitrogens with one attached hydrogen (secondary N) is 1. The minimum Gasteiger partial charge on any atom is -0.326 e. The molecular formula is C14H10N2O. The van der Waals surface area contributed by atoms with Gasteiger partial charge in [0.1, 0.15) is 0 Å². The van der Waals surface area contributed by atoms with Gasteiger partial charge >= 0.3 is 0 Å². The first-order chi connectivity index (χ1) is 8.32. The predicted octanol–water partition coefficient (Wildman–Crippen LogP) is 2.21. The van der Waals surface area contributed by atoms with Gasteiger partial charge in [0.2, 0.25) is 0 Å². The van der Waals surface area contributed by atoms with E-state index >= 15 is 0 Å². The second kappa shape index (κ2) is 2.69. The summed E-state index contributed by atoms with van der Waals surface area (Å²) < 4.78 is 2.02. The molecule has 82 valence electrons. The molecule has 2 aromatic rings. The molecule has 1 N–H and O–H groups in total. The van der Waals surface area contributed by atoms with E-state index in [1.165, 1.54) is 0 Å². The first kappa shape index (κ1) is 8.82. The van der Waals surface area contributed by atoms with Crippen molar-refractivity contribution in [1.82, 2.24) is 4.57 Å². The largest absolute Gasteiger partial charge is 0.326 e. The molecule has 1 unspecified atom stereocenters. The zero-order valence-corrected chi connectivity index (χ0v) is 9.05. The zero-order chi connectivity index (χ0) is 11.5. The fraction of sp³-hybridized carbons (Fsp3) is 0.0714. The summed E-state index contributed by atoms with van der Waals surface area (Å²) in [4.78, 5) is 12.3. The van der Waals surface area contributed by atoms with Crippen molar-refractivity contribution in [2.75, 3.05) is 5.32 Å². The Balaban J connectivity index is 2.08. The van der Waals surface area contributed by atoms with Crippen LogP contribution in [-0.2, 0) is 10.3 Å². The van der Waals surface area contributed by atoms with Gasteiger partial charge in [0.25, 0.3) is 5.91 Å². The molecule has 3 heterocycles. The van der Waals surface area contributed by atoms with Crippen LogP contribution in [0.3, 0.4) is 0 Å². The second-order valence-electron chi connectivity index (χ2n) is 4.40. The number of nitrogens with zero attached hydrogens (tertiary/aromatic N) is 1. The molecule has 0 bridgehead atoms. The van der Waals surface area contributed by atoms with E-state index in [0.29, 0.717) is 0 Å². The average molecular weight is 222 g/mol. The summed E-state index contributed by atoms with van der Waals surface area (Å²) in [5, 5.41) is 2.95. The maximum absolute atomic E-state index is 12.3. The number of hydrogen-bond acceptors (Lipinski definition) is 1. The highest BCUT2D eigenvalue weighted by Gasteiger charge is 2.48. The number of rotatable bonds is 0. The Morgan fingerprint density at radius 1 is 1.12 bits per heavy atom. The summed E-state index contributed by atoms with van der Waals surface area (Å²) in [5.41, 5.74) is 2.33. The van der Waals surface area contributed by atoms with Crippen LogP contribution in [0.2, 0.25) is 0 Å². The Hall–Kier alpha value is -2.29. The normalized spacial score (nSPS) is 23.9. The lowest BCUT2D eigenvalue weighted by Crippen LogP contribution is -2.37. The minimum absolute atomic E-state index is 0.0184. The van der Waals surface area contributed by atoms with Crippen LogP contribution >= 0.6 is 0 Å². The van der Waals surface area contributed by atoms with E-state index in [2.05, 4.69) is 5.32 Å². The lowest BCUT2D eigenvalue weighted by molar-refractivity contribution is -0.120. The molecule has 3 nitrogen and oxygen atoms in total. The first-order valence-corrected chi connectivity index (χ1v) is 5.60. The molecule has 1 spiro atoms.